The Morgan fingerprint density at radius 2 is 1.63 bits per heavy atom. The molecular formula is C29H56N2O3S. The highest BCUT2D eigenvalue weighted by molar-refractivity contribution is 7.77. The lowest BCUT2D eigenvalue weighted by Crippen LogP contribution is -2.18. The van der Waals surface area contributed by atoms with Gasteiger partial charge in [-0.1, -0.05) is 97.5 Å². The molecule has 2 rings (SSSR count). The highest BCUT2D eigenvalue weighted by atomic mass is 32.1. The number of aliphatic hydroxyl groups excluding tert-OH is 1. The Kier molecular flexibility index (Phi) is 27.8. The number of ether oxygens (including phenoxy) is 1. The fourth-order valence-corrected chi connectivity index (χ4v) is 2.86. The van der Waals surface area contributed by atoms with Gasteiger partial charge in [0, 0.05) is 11.7 Å². The molecule has 0 radical (unpaired) electrons. The second kappa shape index (κ2) is 25.6. The molecule has 1 aliphatic carbocycles. The lowest BCUT2D eigenvalue weighted by molar-refractivity contribution is -0.143. The van der Waals surface area contributed by atoms with E-state index in [4.69, 9.17) is 21.3 Å². The van der Waals surface area contributed by atoms with Crippen molar-refractivity contribution in [1.82, 2.24) is 0 Å². The van der Waals surface area contributed by atoms with Crippen LogP contribution < -0.4 is 11.5 Å². The lowest BCUT2D eigenvalue weighted by Gasteiger charge is -2.15. The number of hydrogen-bond acceptors (Lipinski definition) is 6. The topological polar surface area (TPSA) is 98.6 Å². The first-order valence-electron chi connectivity index (χ1n) is 13.1. The zero-order valence-electron chi connectivity index (χ0n) is 23.9. The first-order valence-corrected chi connectivity index (χ1v) is 13.7. The second-order valence-electron chi connectivity index (χ2n) is 9.73. The van der Waals surface area contributed by atoms with Gasteiger partial charge in [0.15, 0.2) is 0 Å². The highest BCUT2D eigenvalue weighted by Gasteiger charge is 2.12. The van der Waals surface area contributed by atoms with Crippen LogP contribution in [0.1, 0.15) is 110 Å². The van der Waals surface area contributed by atoms with Gasteiger partial charge in [-0.05, 0) is 61.6 Å². The number of benzene rings is 1. The Labute approximate surface area is 222 Å². The van der Waals surface area contributed by atoms with Gasteiger partial charge in [0.05, 0.1) is 19.6 Å². The molecule has 0 saturated heterocycles. The van der Waals surface area contributed by atoms with Crippen LogP contribution in [0.25, 0.3) is 0 Å². The summed E-state index contributed by atoms with van der Waals surface area (Å²) in [5.41, 5.74) is 13.8. The molecule has 2 atom stereocenters. The molecule has 206 valence electrons. The second-order valence-corrected chi connectivity index (χ2v) is 9.73. The zero-order valence-corrected chi connectivity index (χ0v) is 24.8. The lowest BCUT2D eigenvalue weighted by atomic mass is 9.91. The largest absolute Gasteiger partial charge is 0.466 e. The van der Waals surface area contributed by atoms with E-state index in [1.807, 2.05) is 39.0 Å². The summed E-state index contributed by atoms with van der Waals surface area (Å²) >= 11 is 3.83. The van der Waals surface area contributed by atoms with Crippen molar-refractivity contribution >= 4 is 29.7 Å². The summed E-state index contributed by atoms with van der Waals surface area (Å²) in [6.45, 7) is 17.0. The molecule has 1 fully saturated rings. The van der Waals surface area contributed by atoms with Crippen LogP contribution in [0.3, 0.4) is 0 Å². The molecular weight excluding hydrogens is 456 g/mol. The number of aliphatic hydroxyl groups is 1. The molecule has 1 aromatic rings. The van der Waals surface area contributed by atoms with Crippen molar-refractivity contribution in [2.45, 2.75) is 112 Å². The van der Waals surface area contributed by atoms with Crippen LogP contribution in [0.5, 0.6) is 0 Å². The average Bonchev–Trinajstić information content (AvgIpc) is 2.83. The van der Waals surface area contributed by atoms with Crippen LogP contribution in [0.15, 0.2) is 18.2 Å². The van der Waals surface area contributed by atoms with Gasteiger partial charge in [-0.2, -0.15) is 0 Å². The van der Waals surface area contributed by atoms with Gasteiger partial charge in [-0.15, -0.1) is 0 Å². The highest BCUT2D eigenvalue weighted by Crippen LogP contribution is 2.23. The Morgan fingerprint density at radius 1 is 1.14 bits per heavy atom. The summed E-state index contributed by atoms with van der Waals surface area (Å²) in [6, 6.07) is 5.86. The summed E-state index contributed by atoms with van der Waals surface area (Å²) in [5.74, 6) is 4.74. The maximum Gasteiger partial charge on any atom is 0.306 e. The maximum atomic E-state index is 11.3. The fourth-order valence-electron chi connectivity index (χ4n) is 2.86. The van der Waals surface area contributed by atoms with Crippen LogP contribution in [-0.4, -0.2) is 36.2 Å². The van der Waals surface area contributed by atoms with E-state index in [0.29, 0.717) is 13.0 Å². The predicted octanol–water partition coefficient (Wildman–Crippen LogP) is 7.21. The first-order chi connectivity index (χ1) is 16.5. The molecule has 1 aliphatic rings. The van der Waals surface area contributed by atoms with Gasteiger partial charge in [-0.25, -0.2) is 0 Å². The number of carbonyl (C=O) groups is 1. The minimum atomic E-state index is -0.158. The molecule has 0 aliphatic heterocycles. The number of thiocarbonyl (C=S) groups is 1. The quantitative estimate of drug-likeness (QED) is 0.211. The van der Waals surface area contributed by atoms with Gasteiger partial charge in [0.25, 0.3) is 0 Å². The number of aryl methyl sites for hydroxylation is 1. The molecule has 0 amide bonds. The molecule has 1 aromatic carbocycles. The molecule has 0 aromatic heterocycles. The van der Waals surface area contributed by atoms with E-state index in [2.05, 4.69) is 45.8 Å². The van der Waals surface area contributed by atoms with Crippen LogP contribution in [0.2, 0.25) is 0 Å². The van der Waals surface area contributed by atoms with Gasteiger partial charge in [-0.3, -0.25) is 4.79 Å². The third kappa shape index (κ3) is 25.4. The third-order valence-corrected chi connectivity index (χ3v) is 5.65. The SMILES string of the molecule is C=S.CC(N)CO.CC1CCCCC1.CCC(C)C.CCOC(=O)CC(C)c1ccc(C)c(N)c1. The molecule has 0 heterocycles. The number of nitrogens with two attached hydrogens (primary N) is 2. The van der Waals surface area contributed by atoms with Gasteiger partial charge in [0.1, 0.15) is 0 Å². The summed E-state index contributed by atoms with van der Waals surface area (Å²) in [7, 11) is 0. The van der Waals surface area contributed by atoms with Gasteiger partial charge in [0.2, 0.25) is 0 Å². The van der Waals surface area contributed by atoms with Crippen LogP contribution in [-0.2, 0) is 9.53 Å². The van der Waals surface area contributed by atoms with E-state index in [1.165, 1.54) is 38.5 Å². The van der Waals surface area contributed by atoms with Gasteiger partial charge >= 0.3 is 5.97 Å². The normalized spacial score (nSPS) is 14.3. The van der Waals surface area contributed by atoms with Crippen molar-refractivity contribution in [2.24, 2.45) is 17.6 Å². The van der Waals surface area contributed by atoms with E-state index >= 15 is 0 Å². The summed E-state index contributed by atoms with van der Waals surface area (Å²) in [5, 5.41) is 8.02. The molecule has 6 heteroatoms. The minimum absolute atomic E-state index is 0.0602. The van der Waals surface area contributed by atoms with E-state index < -0.39 is 0 Å². The third-order valence-electron chi connectivity index (χ3n) is 5.65. The van der Waals surface area contributed by atoms with Crippen LogP contribution in [0, 0.1) is 18.8 Å². The number of hydrogen-bond donors (Lipinski definition) is 3. The van der Waals surface area contributed by atoms with Crippen molar-refractivity contribution in [3.8, 4) is 0 Å². The minimum Gasteiger partial charge on any atom is -0.466 e. The Bertz CT molecular complexity index is 610. The predicted molar refractivity (Wildman–Crippen MR) is 158 cm³/mol. The monoisotopic (exact) mass is 512 g/mol. The first kappa shape index (κ1) is 38.0. The van der Waals surface area contributed by atoms with E-state index in [-0.39, 0.29) is 24.5 Å². The van der Waals surface area contributed by atoms with Gasteiger partial charge < -0.3 is 21.3 Å². The summed E-state index contributed by atoms with van der Waals surface area (Å²) < 4.78 is 4.92. The van der Waals surface area contributed by atoms with Crippen molar-refractivity contribution < 1.29 is 14.6 Å². The van der Waals surface area contributed by atoms with E-state index in [9.17, 15) is 4.79 Å². The number of carbonyl (C=O) groups excluding carboxylic acids is 1. The molecule has 5 N–H and O–H groups in total. The summed E-state index contributed by atoms with van der Waals surface area (Å²) in [6.07, 6.45) is 9.14. The van der Waals surface area contributed by atoms with Crippen molar-refractivity contribution in [3.63, 3.8) is 0 Å². The number of nitrogen functional groups attached to an aromatic ring is 1. The fraction of sp³-hybridized carbons (Fsp3) is 0.724. The van der Waals surface area contributed by atoms with Crippen LogP contribution in [0.4, 0.5) is 5.69 Å². The molecule has 35 heavy (non-hydrogen) atoms. The van der Waals surface area contributed by atoms with E-state index in [0.717, 1.165) is 28.7 Å². The van der Waals surface area contributed by atoms with Crippen molar-refractivity contribution in [1.29, 1.82) is 0 Å². The number of esters is 1. The Balaban J connectivity index is -0.000000445. The number of rotatable bonds is 6. The molecule has 2 unspecified atom stereocenters. The zero-order chi connectivity index (χ0) is 27.8. The Morgan fingerprint density at radius 3 is 1.94 bits per heavy atom. The molecule has 0 spiro atoms. The van der Waals surface area contributed by atoms with Crippen LogP contribution >= 0.6 is 12.2 Å². The smallest absolute Gasteiger partial charge is 0.306 e. The van der Waals surface area contributed by atoms with Crippen molar-refractivity contribution in [2.75, 3.05) is 18.9 Å². The summed E-state index contributed by atoms with van der Waals surface area (Å²) in [4.78, 5) is 11.3. The van der Waals surface area contributed by atoms with E-state index in [1.54, 1.807) is 6.92 Å². The molecule has 5 nitrogen and oxygen atoms in total. The number of anilines is 1. The standard InChI is InChI=1S/C13H19NO2.C7H14.C5H12.C3H9NO.CH2S/c1-4-16-13(15)7-10(3)11-6-5-9(2)12(14)8-11;1-7-5-3-2-4-6-7;1-4-5(2)3;1-3(4)2-5;1-2/h5-6,8,10H,4,7,14H2,1-3H3;7H,2-6H2,1H3;5H,4H2,1-3H3;3,5H,2,4H2,1H3;1H2. The average molecular weight is 513 g/mol. The maximum absolute atomic E-state index is 11.3. The van der Waals surface area contributed by atoms with Crippen molar-refractivity contribution in [3.05, 3.63) is 29.3 Å². The molecule has 0 bridgehead atoms. The Hall–Kier alpha value is -1.50. The molecule has 1 saturated carbocycles.